The lowest BCUT2D eigenvalue weighted by Gasteiger charge is -2.31. The van der Waals surface area contributed by atoms with E-state index in [9.17, 15) is 13.6 Å². The van der Waals surface area contributed by atoms with Gasteiger partial charge in [-0.2, -0.15) is 0 Å². The Morgan fingerprint density at radius 2 is 2.29 bits per heavy atom. The van der Waals surface area contributed by atoms with E-state index in [0.717, 1.165) is 25.9 Å². The van der Waals surface area contributed by atoms with E-state index < -0.39 is 22.8 Å². The average Bonchev–Trinajstić information content (AvgIpc) is 2.61. The van der Waals surface area contributed by atoms with Crippen molar-refractivity contribution in [1.29, 1.82) is 0 Å². The van der Waals surface area contributed by atoms with Crippen molar-refractivity contribution in [2.75, 3.05) is 26.7 Å². The number of methoxy groups -OCH3 is 1. The Balaban J connectivity index is 2.11. The first kappa shape index (κ1) is 18.9. The molecule has 0 radical (unpaired) electrons. The Morgan fingerprint density at radius 3 is 2.96 bits per heavy atom. The summed E-state index contributed by atoms with van der Waals surface area (Å²) < 4.78 is 32.5. The molecule has 0 unspecified atom stereocenters. The molecule has 2 N–H and O–H groups in total. The molecule has 7 heteroatoms. The molecule has 0 spiro atoms. The standard InChI is InChI=1S/C17H23ClF2N2O2/c1-24-17(23)22-9-3-5-12(11-4-2-8-21-10-11)13-6-7-14(19)15(18)16(13)20/h6-7,11-12,21H,2-5,8-10H2,1H3,(H,22,23)/t11-,12-/m1/s1. The third-order valence-corrected chi connectivity index (χ3v) is 4.86. The number of amides is 1. The van der Waals surface area contributed by atoms with E-state index in [1.165, 1.54) is 19.2 Å². The molecule has 4 nitrogen and oxygen atoms in total. The molecule has 2 rings (SSSR count). The number of hydrogen-bond acceptors (Lipinski definition) is 3. The van der Waals surface area contributed by atoms with Crippen LogP contribution in [-0.2, 0) is 4.74 Å². The van der Waals surface area contributed by atoms with E-state index in [2.05, 4.69) is 15.4 Å². The van der Waals surface area contributed by atoms with Crippen LogP contribution in [-0.4, -0.2) is 32.8 Å². The predicted molar refractivity (Wildman–Crippen MR) is 89.3 cm³/mol. The van der Waals surface area contributed by atoms with Gasteiger partial charge in [-0.3, -0.25) is 0 Å². The Labute approximate surface area is 145 Å². The van der Waals surface area contributed by atoms with E-state index in [-0.39, 0.29) is 11.8 Å². The molecule has 0 aliphatic carbocycles. The van der Waals surface area contributed by atoms with Crippen LogP contribution >= 0.6 is 11.6 Å². The van der Waals surface area contributed by atoms with Gasteiger partial charge in [0.25, 0.3) is 0 Å². The zero-order chi connectivity index (χ0) is 17.5. The first-order valence-corrected chi connectivity index (χ1v) is 8.58. The minimum absolute atomic E-state index is 0.0738. The van der Waals surface area contributed by atoms with Gasteiger partial charge in [0.2, 0.25) is 0 Å². The monoisotopic (exact) mass is 360 g/mol. The van der Waals surface area contributed by atoms with Crippen LogP contribution in [0.5, 0.6) is 0 Å². The summed E-state index contributed by atoms with van der Waals surface area (Å²) in [6.07, 6.45) is 2.87. The van der Waals surface area contributed by atoms with Crippen molar-refractivity contribution in [1.82, 2.24) is 10.6 Å². The van der Waals surface area contributed by atoms with Crippen molar-refractivity contribution in [2.24, 2.45) is 5.92 Å². The molecule has 24 heavy (non-hydrogen) atoms. The third kappa shape index (κ3) is 4.80. The summed E-state index contributed by atoms with van der Waals surface area (Å²) in [4.78, 5) is 11.1. The Bertz CT molecular complexity index is 566. The van der Waals surface area contributed by atoms with Crippen molar-refractivity contribution in [3.8, 4) is 0 Å². The first-order valence-electron chi connectivity index (χ1n) is 8.20. The first-order chi connectivity index (χ1) is 11.5. The van der Waals surface area contributed by atoms with Gasteiger partial charge in [-0.15, -0.1) is 0 Å². The largest absolute Gasteiger partial charge is 0.453 e. The maximum Gasteiger partial charge on any atom is 0.406 e. The van der Waals surface area contributed by atoms with E-state index in [4.69, 9.17) is 11.6 Å². The topological polar surface area (TPSA) is 50.4 Å². The fourth-order valence-corrected chi connectivity index (χ4v) is 3.45. The number of piperidine rings is 1. The van der Waals surface area contributed by atoms with Gasteiger partial charge in [0.15, 0.2) is 0 Å². The summed E-state index contributed by atoms with van der Waals surface area (Å²) in [6.45, 7) is 2.20. The van der Waals surface area contributed by atoms with Crippen molar-refractivity contribution in [3.63, 3.8) is 0 Å². The zero-order valence-corrected chi connectivity index (χ0v) is 14.5. The van der Waals surface area contributed by atoms with Gasteiger partial charge in [0.1, 0.15) is 16.7 Å². The molecule has 1 aliphatic rings. The molecule has 0 aromatic heterocycles. The number of carbonyl (C=O) groups is 1. The summed E-state index contributed by atoms with van der Waals surface area (Å²) in [7, 11) is 1.31. The molecule has 0 bridgehead atoms. The highest BCUT2D eigenvalue weighted by Crippen LogP contribution is 2.37. The highest BCUT2D eigenvalue weighted by atomic mass is 35.5. The lowest BCUT2D eigenvalue weighted by Crippen LogP contribution is -2.34. The summed E-state index contributed by atoms with van der Waals surface area (Å²) >= 11 is 5.75. The number of halogens is 3. The van der Waals surface area contributed by atoms with Crippen LogP contribution in [0.3, 0.4) is 0 Å². The molecule has 2 atom stereocenters. The predicted octanol–water partition coefficient (Wildman–Crippen LogP) is 3.84. The van der Waals surface area contributed by atoms with Gasteiger partial charge in [-0.1, -0.05) is 17.7 Å². The number of carbonyl (C=O) groups excluding carboxylic acids is 1. The number of rotatable bonds is 6. The van der Waals surface area contributed by atoms with E-state index in [0.29, 0.717) is 24.9 Å². The Kier molecular flexibility index (Phi) is 7.24. The molecule has 1 heterocycles. The van der Waals surface area contributed by atoms with Crippen LogP contribution < -0.4 is 10.6 Å². The Hall–Kier alpha value is -1.40. The number of benzene rings is 1. The van der Waals surface area contributed by atoms with Crippen molar-refractivity contribution < 1.29 is 18.3 Å². The number of alkyl carbamates (subject to hydrolysis) is 1. The second-order valence-electron chi connectivity index (χ2n) is 6.04. The molecule has 1 amide bonds. The van der Waals surface area contributed by atoms with Gasteiger partial charge >= 0.3 is 6.09 Å². The lowest BCUT2D eigenvalue weighted by molar-refractivity contribution is 0.170. The summed E-state index contributed by atoms with van der Waals surface area (Å²) in [5.41, 5.74) is 0.452. The fraction of sp³-hybridized carbons (Fsp3) is 0.588. The maximum absolute atomic E-state index is 14.5. The molecular formula is C17H23ClF2N2O2. The SMILES string of the molecule is COC(=O)NCCC[C@@H](c1ccc(F)c(Cl)c1F)[C@@H]1CCCNC1. The third-order valence-electron chi connectivity index (χ3n) is 4.52. The molecule has 1 saturated heterocycles. The molecule has 1 aliphatic heterocycles. The zero-order valence-electron chi connectivity index (χ0n) is 13.7. The van der Waals surface area contributed by atoms with Gasteiger partial charge in [0, 0.05) is 6.54 Å². The molecule has 1 fully saturated rings. The average molecular weight is 361 g/mol. The number of nitrogens with one attached hydrogen (secondary N) is 2. The molecule has 134 valence electrons. The summed E-state index contributed by atoms with van der Waals surface area (Å²) in [5, 5.41) is 5.50. The molecular weight excluding hydrogens is 338 g/mol. The number of hydrogen-bond donors (Lipinski definition) is 2. The minimum Gasteiger partial charge on any atom is -0.453 e. The van der Waals surface area contributed by atoms with E-state index in [1.807, 2.05) is 0 Å². The van der Waals surface area contributed by atoms with Gasteiger partial charge < -0.3 is 15.4 Å². The van der Waals surface area contributed by atoms with E-state index >= 15 is 0 Å². The van der Waals surface area contributed by atoms with Crippen LogP contribution in [0.1, 0.15) is 37.2 Å². The van der Waals surface area contributed by atoms with Crippen LogP contribution in [0.15, 0.2) is 12.1 Å². The quantitative estimate of drug-likeness (QED) is 0.598. The Morgan fingerprint density at radius 1 is 1.50 bits per heavy atom. The van der Waals surface area contributed by atoms with Gasteiger partial charge in [0.05, 0.1) is 7.11 Å². The highest BCUT2D eigenvalue weighted by Gasteiger charge is 2.28. The summed E-state index contributed by atoms with van der Waals surface area (Å²) in [5.74, 6) is -1.23. The van der Waals surface area contributed by atoms with Crippen LogP contribution in [0, 0.1) is 17.6 Å². The molecule has 0 saturated carbocycles. The van der Waals surface area contributed by atoms with Crippen LogP contribution in [0.2, 0.25) is 5.02 Å². The normalized spacial score (nSPS) is 18.9. The van der Waals surface area contributed by atoms with Crippen molar-refractivity contribution in [2.45, 2.75) is 31.6 Å². The number of ether oxygens (including phenoxy) is 1. The highest BCUT2D eigenvalue weighted by molar-refractivity contribution is 6.30. The second kappa shape index (κ2) is 9.18. The maximum atomic E-state index is 14.5. The van der Waals surface area contributed by atoms with Crippen molar-refractivity contribution in [3.05, 3.63) is 34.4 Å². The smallest absolute Gasteiger partial charge is 0.406 e. The van der Waals surface area contributed by atoms with Gasteiger partial charge in [-0.05, 0) is 62.2 Å². The van der Waals surface area contributed by atoms with Gasteiger partial charge in [-0.25, -0.2) is 13.6 Å². The summed E-state index contributed by atoms with van der Waals surface area (Å²) in [6, 6.07) is 2.71. The van der Waals surface area contributed by atoms with Crippen molar-refractivity contribution >= 4 is 17.7 Å². The lowest BCUT2D eigenvalue weighted by atomic mass is 9.78. The second-order valence-corrected chi connectivity index (χ2v) is 6.42. The van der Waals surface area contributed by atoms with Crippen LogP contribution in [0.25, 0.3) is 0 Å². The fourth-order valence-electron chi connectivity index (χ4n) is 3.28. The molecule has 1 aromatic carbocycles. The molecule has 1 aromatic rings. The van der Waals surface area contributed by atoms with E-state index in [1.54, 1.807) is 0 Å². The van der Waals surface area contributed by atoms with Crippen LogP contribution in [0.4, 0.5) is 13.6 Å². The minimum atomic E-state index is -0.745.